The zero-order chi connectivity index (χ0) is 7.56. The van der Waals surface area contributed by atoms with Crippen LogP contribution in [0.2, 0.25) is 0 Å². The molecule has 1 nitrogen and oxygen atoms in total. The summed E-state index contributed by atoms with van der Waals surface area (Å²) >= 11 is 1.61. The Morgan fingerprint density at radius 2 is 2.20 bits per heavy atom. The van der Waals surface area contributed by atoms with Crippen molar-refractivity contribution in [3.05, 3.63) is 22.4 Å². The Hall–Kier alpha value is -0.340. The molecule has 0 aromatic carbocycles. The van der Waals surface area contributed by atoms with Crippen LogP contribution in [0.25, 0.3) is 0 Å². The summed E-state index contributed by atoms with van der Waals surface area (Å²) in [6.07, 6.45) is -0.278. The van der Waals surface area contributed by atoms with E-state index in [-0.39, 0.29) is 6.10 Å². The van der Waals surface area contributed by atoms with Gasteiger partial charge in [0.15, 0.2) is 0 Å². The highest BCUT2D eigenvalue weighted by Gasteiger charge is 2.11. The summed E-state index contributed by atoms with van der Waals surface area (Å²) in [5.74, 6) is 0.318. The average molecular weight is 156 g/mol. The molecule has 0 saturated carbocycles. The van der Waals surface area contributed by atoms with E-state index in [2.05, 4.69) is 0 Å². The topological polar surface area (TPSA) is 20.2 Å². The van der Waals surface area contributed by atoms with Crippen molar-refractivity contribution in [2.75, 3.05) is 0 Å². The van der Waals surface area contributed by atoms with Crippen molar-refractivity contribution in [2.45, 2.75) is 20.0 Å². The predicted octanol–water partition coefficient (Wildman–Crippen LogP) is 2.44. The quantitative estimate of drug-likeness (QED) is 0.697. The van der Waals surface area contributed by atoms with E-state index in [0.717, 1.165) is 4.88 Å². The smallest absolute Gasteiger partial charge is 0.0904 e. The first-order valence-corrected chi connectivity index (χ1v) is 4.31. The SMILES string of the molecule is CC(C)C(O)c1cccs1. The third kappa shape index (κ3) is 1.58. The summed E-state index contributed by atoms with van der Waals surface area (Å²) in [6, 6.07) is 3.93. The summed E-state index contributed by atoms with van der Waals surface area (Å²) in [4.78, 5) is 1.06. The Kier molecular flexibility index (Phi) is 2.46. The van der Waals surface area contributed by atoms with Gasteiger partial charge < -0.3 is 5.11 Å². The lowest BCUT2D eigenvalue weighted by Gasteiger charge is -2.11. The lowest BCUT2D eigenvalue weighted by Crippen LogP contribution is -2.02. The van der Waals surface area contributed by atoms with Crippen molar-refractivity contribution >= 4 is 11.3 Å². The van der Waals surface area contributed by atoms with Gasteiger partial charge in [-0.1, -0.05) is 19.9 Å². The van der Waals surface area contributed by atoms with Crippen molar-refractivity contribution in [3.63, 3.8) is 0 Å². The third-order valence-electron chi connectivity index (χ3n) is 1.47. The highest BCUT2D eigenvalue weighted by atomic mass is 32.1. The summed E-state index contributed by atoms with van der Waals surface area (Å²) in [7, 11) is 0. The molecule has 56 valence electrons. The first-order chi connectivity index (χ1) is 4.72. The van der Waals surface area contributed by atoms with Gasteiger partial charge in [0.1, 0.15) is 0 Å². The van der Waals surface area contributed by atoms with Crippen LogP contribution in [0, 0.1) is 5.92 Å². The maximum atomic E-state index is 9.50. The standard InChI is InChI=1S/C8H12OS/c1-6(2)8(9)7-4-3-5-10-7/h3-6,8-9H,1-2H3. The monoisotopic (exact) mass is 156 g/mol. The summed E-state index contributed by atoms with van der Waals surface area (Å²) in [5.41, 5.74) is 0. The summed E-state index contributed by atoms with van der Waals surface area (Å²) < 4.78 is 0. The predicted molar refractivity (Wildman–Crippen MR) is 44.1 cm³/mol. The zero-order valence-corrected chi connectivity index (χ0v) is 7.06. The Morgan fingerprint density at radius 3 is 2.60 bits per heavy atom. The van der Waals surface area contributed by atoms with Gasteiger partial charge in [0, 0.05) is 4.88 Å². The molecule has 1 aromatic rings. The van der Waals surface area contributed by atoms with Crippen LogP contribution >= 0.6 is 11.3 Å². The molecule has 1 atom stereocenters. The molecule has 1 unspecified atom stereocenters. The zero-order valence-electron chi connectivity index (χ0n) is 6.24. The molecular formula is C8H12OS. The first-order valence-electron chi connectivity index (χ1n) is 3.43. The van der Waals surface area contributed by atoms with Crippen LogP contribution in [0.1, 0.15) is 24.8 Å². The summed E-state index contributed by atoms with van der Waals surface area (Å²) in [5, 5.41) is 11.5. The molecule has 0 saturated heterocycles. The van der Waals surface area contributed by atoms with Gasteiger partial charge in [0.05, 0.1) is 6.10 Å². The second kappa shape index (κ2) is 3.17. The highest BCUT2D eigenvalue weighted by Crippen LogP contribution is 2.24. The molecule has 0 amide bonds. The van der Waals surface area contributed by atoms with E-state index >= 15 is 0 Å². The van der Waals surface area contributed by atoms with Crippen LogP contribution in [-0.2, 0) is 0 Å². The molecule has 0 fully saturated rings. The van der Waals surface area contributed by atoms with Crippen LogP contribution in [0.3, 0.4) is 0 Å². The lowest BCUT2D eigenvalue weighted by molar-refractivity contribution is 0.130. The van der Waals surface area contributed by atoms with E-state index in [0.29, 0.717) is 5.92 Å². The third-order valence-corrected chi connectivity index (χ3v) is 2.41. The molecular weight excluding hydrogens is 144 g/mol. The second-order valence-electron chi connectivity index (χ2n) is 2.70. The lowest BCUT2D eigenvalue weighted by atomic mass is 10.1. The van der Waals surface area contributed by atoms with Crippen LogP contribution in [0.5, 0.6) is 0 Å². The molecule has 2 heteroatoms. The van der Waals surface area contributed by atoms with E-state index in [1.807, 2.05) is 31.4 Å². The molecule has 0 bridgehead atoms. The van der Waals surface area contributed by atoms with Gasteiger partial charge in [-0.15, -0.1) is 11.3 Å². The minimum Gasteiger partial charge on any atom is -0.387 e. The molecule has 0 aliphatic carbocycles. The molecule has 10 heavy (non-hydrogen) atoms. The van der Waals surface area contributed by atoms with Gasteiger partial charge in [-0.3, -0.25) is 0 Å². The van der Waals surface area contributed by atoms with Gasteiger partial charge in [-0.2, -0.15) is 0 Å². The van der Waals surface area contributed by atoms with Gasteiger partial charge >= 0.3 is 0 Å². The summed E-state index contributed by atoms with van der Waals surface area (Å²) in [6.45, 7) is 4.04. The molecule has 1 aromatic heterocycles. The normalized spacial score (nSPS) is 14.0. The number of aliphatic hydroxyl groups excluding tert-OH is 1. The molecule has 1 rings (SSSR count). The van der Waals surface area contributed by atoms with Crippen molar-refractivity contribution in [1.82, 2.24) is 0 Å². The molecule has 0 aliphatic rings. The van der Waals surface area contributed by atoms with Crippen molar-refractivity contribution in [2.24, 2.45) is 5.92 Å². The van der Waals surface area contributed by atoms with Gasteiger partial charge in [-0.05, 0) is 17.4 Å². The number of hydrogen-bond acceptors (Lipinski definition) is 2. The average Bonchev–Trinajstić information content (AvgIpc) is 2.36. The van der Waals surface area contributed by atoms with E-state index in [9.17, 15) is 5.11 Å². The Morgan fingerprint density at radius 1 is 1.50 bits per heavy atom. The molecule has 0 radical (unpaired) electrons. The minimum atomic E-state index is -0.278. The minimum absolute atomic E-state index is 0.278. The van der Waals surface area contributed by atoms with Crippen molar-refractivity contribution < 1.29 is 5.11 Å². The number of thiophene rings is 1. The Balaban J connectivity index is 2.68. The van der Waals surface area contributed by atoms with E-state index in [1.165, 1.54) is 0 Å². The first kappa shape index (κ1) is 7.76. The largest absolute Gasteiger partial charge is 0.387 e. The maximum Gasteiger partial charge on any atom is 0.0904 e. The highest BCUT2D eigenvalue weighted by molar-refractivity contribution is 7.10. The van der Waals surface area contributed by atoms with E-state index < -0.39 is 0 Å². The molecule has 0 aliphatic heterocycles. The van der Waals surface area contributed by atoms with Gasteiger partial charge in [0.2, 0.25) is 0 Å². The fraction of sp³-hybridized carbons (Fsp3) is 0.500. The van der Waals surface area contributed by atoms with Crippen LogP contribution in [-0.4, -0.2) is 5.11 Å². The molecule has 1 heterocycles. The number of hydrogen-bond donors (Lipinski definition) is 1. The van der Waals surface area contributed by atoms with Crippen LogP contribution < -0.4 is 0 Å². The van der Waals surface area contributed by atoms with Crippen LogP contribution in [0.15, 0.2) is 17.5 Å². The second-order valence-corrected chi connectivity index (χ2v) is 3.68. The number of aliphatic hydroxyl groups is 1. The van der Waals surface area contributed by atoms with Crippen LogP contribution in [0.4, 0.5) is 0 Å². The van der Waals surface area contributed by atoms with Crippen molar-refractivity contribution in [3.8, 4) is 0 Å². The fourth-order valence-corrected chi connectivity index (χ4v) is 1.67. The van der Waals surface area contributed by atoms with Gasteiger partial charge in [-0.25, -0.2) is 0 Å². The molecule has 0 spiro atoms. The molecule has 1 N–H and O–H groups in total. The Labute approximate surface area is 65.3 Å². The maximum absolute atomic E-state index is 9.50. The van der Waals surface area contributed by atoms with E-state index in [1.54, 1.807) is 11.3 Å². The van der Waals surface area contributed by atoms with E-state index in [4.69, 9.17) is 0 Å². The van der Waals surface area contributed by atoms with Gasteiger partial charge in [0.25, 0.3) is 0 Å². The number of rotatable bonds is 2. The van der Waals surface area contributed by atoms with Crippen molar-refractivity contribution in [1.29, 1.82) is 0 Å². The fourth-order valence-electron chi connectivity index (χ4n) is 0.788. The Bertz CT molecular complexity index is 179.